The Morgan fingerprint density at radius 3 is 2.74 bits per heavy atom. The zero-order valence-electron chi connectivity index (χ0n) is 14.3. The topological polar surface area (TPSA) is 84.7 Å². The molecule has 8 heteroatoms. The molecule has 27 heavy (non-hydrogen) atoms. The van der Waals surface area contributed by atoms with Gasteiger partial charge >= 0.3 is 0 Å². The van der Waals surface area contributed by atoms with Crippen LogP contribution in [0.2, 0.25) is 5.02 Å². The number of amides is 1. The first-order valence-corrected chi connectivity index (χ1v) is 8.58. The van der Waals surface area contributed by atoms with Crippen molar-refractivity contribution in [2.45, 2.75) is 6.92 Å². The van der Waals surface area contributed by atoms with Crippen LogP contribution in [0.1, 0.15) is 15.9 Å². The molecule has 2 aromatic heterocycles. The number of nitrogens with one attached hydrogen (secondary N) is 2. The van der Waals surface area contributed by atoms with Gasteiger partial charge in [-0.3, -0.25) is 15.6 Å². The zero-order chi connectivity index (χ0) is 18.8. The van der Waals surface area contributed by atoms with E-state index in [1.54, 1.807) is 35.1 Å². The van der Waals surface area contributed by atoms with Crippen molar-refractivity contribution in [3.63, 3.8) is 0 Å². The van der Waals surface area contributed by atoms with Gasteiger partial charge in [-0.25, -0.2) is 14.6 Å². The van der Waals surface area contributed by atoms with Crippen LogP contribution in [0.25, 0.3) is 16.7 Å². The van der Waals surface area contributed by atoms with Crippen molar-refractivity contribution in [2.75, 3.05) is 5.43 Å². The first-order valence-electron chi connectivity index (χ1n) is 8.20. The van der Waals surface area contributed by atoms with E-state index in [9.17, 15) is 4.79 Å². The fourth-order valence-electron chi connectivity index (χ4n) is 2.71. The highest BCUT2D eigenvalue weighted by Crippen LogP contribution is 2.24. The molecule has 1 amide bonds. The van der Waals surface area contributed by atoms with E-state index in [4.69, 9.17) is 11.6 Å². The zero-order valence-corrected chi connectivity index (χ0v) is 15.1. The van der Waals surface area contributed by atoms with Crippen molar-refractivity contribution >= 4 is 34.4 Å². The van der Waals surface area contributed by atoms with Crippen LogP contribution in [0.15, 0.2) is 61.1 Å². The number of halogens is 1. The summed E-state index contributed by atoms with van der Waals surface area (Å²) in [6.45, 7) is 1.97. The minimum absolute atomic E-state index is 0.263. The fraction of sp³-hybridized carbons (Fsp3) is 0.0526. The van der Waals surface area contributed by atoms with E-state index in [1.807, 2.05) is 31.2 Å². The highest BCUT2D eigenvalue weighted by Gasteiger charge is 2.13. The Morgan fingerprint density at radius 2 is 1.93 bits per heavy atom. The van der Waals surface area contributed by atoms with Gasteiger partial charge in [-0.15, -0.1) is 0 Å². The van der Waals surface area contributed by atoms with Crippen LogP contribution in [0.3, 0.4) is 0 Å². The van der Waals surface area contributed by atoms with E-state index in [0.717, 1.165) is 11.3 Å². The summed E-state index contributed by atoms with van der Waals surface area (Å²) in [5.74, 6) is 0.190. The smallest absolute Gasteiger partial charge is 0.269 e. The summed E-state index contributed by atoms with van der Waals surface area (Å²) in [6, 6.07) is 14.5. The van der Waals surface area contributed by atoms with Crippen LogP contribution < -0.4 is 10.9 Å². The molecule has 0 spiro atoms. The van der Waals surface area contributed by atoms with E-state index in [-0.39, 0.29) is 5.91 Å². The van der Waals surface area contributed by atoms with Crippen molar-refractivity contribution in [2.24, 2.45) is 0 Å². The summed E-state index contributed by atoms with van der Waals surface area (Å²) in [7, 11) is 0. The Labute approximate surface area is 160 Å². The number of fused-ring (bicyclic) bond motifs is 1. The molecule has 0 radical (unpaired) electrons. The summed E-state index contributed by atoms with van der Waals surface area (Å²) < 4.78 is 1.70. The Hall–Kier alpha value is -3.45. The molecule has 2 N–H and O–H groups in total. The van der Waals surface area contributed by atoms with Gasteiger partial charge in [0.2, 0.25) is 0 Å². The quantitative estimate of drug-likeness (QED) is 0.530. The van der Waals surface area contributed by atoms with E-state index in [1.165, 1.54) is 6.33 Å². The maximum absolute atomic E-state index is 12.2. The maximum Gasteiger partial charge on any atom is 0.269 e. The fourth-order valence-corrected chi connectivity index (χ4v) is 2.87. The number of benzene rings is 2. The van der Waals surface area contributed by atoms with Crippen molar-refractivity contribution in [1.82, 2.24) is 25.2 Å². The van der Waals surface area contributed by atoms with Crippen molar-refractivity contribution < 1.29 is 4.79 Å². The van der Waals surface area contributed by atoms with Crippen LogP contribution in [0, 0.1) is 6.92 Å². The molecular weight excluding hydrogens is 364 g/mol. The molecular formula is C19H15ClN6O. The average Bonchev–Trinajstić information content (AvgIpc) is 3.13. The number of nitrogens with zero attached hydrogens (tertiary/aromatic N) is 4. The van der Waals surface area contributed by atoms with Crippen LogP contribution in [-0.2, 0) is 0 Å². The molecule has 134 valence electrons. The second-order valence-electron chi connectivity index (χ2n) is 5.89. The highest BCUT2D eigenvalue weighted by atomic mass is 35.5. The molecule has 2 heterocycles. The minimum Gasteiger partial charge on any atom is -0.281 e. The lowest BCUT2D eigenvalue weighted by Gasteiger charge is -2.09. The number of hydrazine groups is 1. The monoisotopic (exact) mass is 378 g/mol. The largest absolute Gasteiger partial charge is 0.281 e. The number of hydrogen-bond acceptors (Lipinski definition) is 5. The van der Waals surface area contributed by atoms with Gasteiger partial charge in [-0.05, 0) is 36.8 Å². The van der Waals surface area contributed by atoms with E-state index < -0.39 is 0 Å². The first-order chi connectivity index (χ1) is 13.1. The maximum atomic E-state index is 12.2. The van der Waals surface area contributed by atoms with Gasteiger partial charge in [0, 0.05) is 10.6 Å². The van der Waals surface area contributed by atoms with Gasteiger partial charge in [0.15, 0.2) is 11.5 Å². The Balaban J connectivity index is 1.65. The van der Waals surface area contributed by atoms with E-state index in [2.05, 4.69) is 25.9 Å². The Bertz CT molecular complexity index is 1130. The highest BCUT2D eigenvalue weighted by molar-refractivity contribution is 6.30. The van der Waals surface area contributed by atoms with E-state index in [0.29, 0.717) is 27.4 Å². The molecule has 0 saturated heterocycles. The third kappa shape index (κ3) is 3.32. The number of aromatic nitrogens is 4. The van der Waals surface area contributed by atoms with Crippen LogP contribution in [-0.4, -0.2) is 25.7 Å². The van der Waals surface area contributed by atoms with Crippen LogP contribution in [0.4, 0.5) is 5.82 Å². The molecule has 0 aliphatic carbocycles. The Morgan fingerprint density at radius 1 is 1.11 bits per heavy atom. The number of hydrogen-bond donors (Lipinski definition) is 2. The molecule has 0 fully saturated rings. The van der Waals surface area contributed by atoms with Crippen LogP contribution in [0.5, 0.6) is 0 Å². The molecule has 4 rings (SSSR count). The van der Waals surface area contributed by atoms with Crippen molar-refractivity contribution in [3.8, 4) is 5.69 Å². The number of aryl methyl sites for hydroxylation is 1. The van der Waals surface area contributed by atoms with Gasteiger partial charge in [0.05, 0.1) is 17.3 Å². The normalized spacial score (nSPS) is 10.7. The number of anilines is 1. The molecule has 7 nitrogen and oxygen atoms in total. The van der Waals surface area contributed by atoms with Gasteiger partial charge in [0.25, 0.3) is 5.91 Å². The predicted molar refractivity (Wildman–Crippen MR) is 104 cm³/mol. The summed E-state index contributed by atoms with van der Waals surface area (Å²) in [5, 5.41) is 5.70. The van der Waals surface area contributed by atoms with Gasteiger partial charge in [0.1, 0.15) is 6.33 Å². The SMILES string of the molecule is Cc1ccc(Cl)cc1-n1ncc2c(NNC(=O)c3ccccc3)ncnc21. The van der Waals surface area contributed by atoms with Gasteiger partial charge in [-0.1, -0.05) is 35.9 Å². The van der Waals surface area contributed by atoms with Crippen molar-refractivity contribution in [1.29, 1.82) is 0 Å². The summed E-state index contributed by atoms with van der Waals surface area (Å²) in [4.78, 5) is 20.7. The lowest BCUT2D eigenvalue weighted by atomic mass is 10.2. The predicted octanol–water partition coefficient (Wildman–Crippen LogP) is 3.53. The third-order valence-corrected chi connectivity index (χ3v) is 4.33. The van der Waals surface area contributed by atoms with Gasteiger partial charge < -0.3 is 0 Å². The second kappa shape index (κ2) is 7.05. The molecule has 0 aliphatic rings. The average molecular weight is 379 g/mol. The lowest BCUT2D eigenvalue weighted by molar-refractivity contribution is 0.0962. The lowest BCUT2D eigenvalue weighted by Crippen LogP contribution is -2.29. The van der Waals surface area contributed by atoms with E-state index >= 15 is 0 Å². The molecule has 0 saturated carbocycles. The summed E-state index contributed by atoms with van der Waals surface area (Å²) >= 11 is 6.13. The third-order valence-electron chi connectivity index (χ3n) is 4.10. The minimum atomic E-state index is -0.263. The summed E-state index contributed by atoms with van der Waals surface area (Å²) in [6.07, 6.45) is 3.06. The number of carbonyl (C=O) groups excluding carboxylic acids is 1. The summed E-state index contributed by atoms with van der Waals surface area (Å²) in [5.41, 5.74) is 8.47. The van der Waals surface area contributed by atoms with Gasteiger partial charge in [-0.2, -0.15) is 5.10 Å². The molecule has 2 aromatic carbocycles. The van der Waals surface area contributed by atoms with Crippen molar-refractivity contribution in [3.05, 3.63) is 77.2 Å². The number of carbonyl (C=O) groups is 1. The standard InChI is InChI=1S/C19H15ClN6O/c1-12-7-8-14(20)9-16(12)26-18-15(10-23-26)17(21-11-22-18)24-25-19(27)13-5-3-2-4-6-13/h2-11H,1H3,(H,25,27)(H,21,22,24). The molecule has 4 aromatic rings. The first kappa shape index (κ1) is 17.0. The molecule has 0 atom stereocenters. The number of rotatable bonds is 4. The Kier molecular flexibility index (Phi) is 4.43. The second-order valence-corrected chi connectivity index (χ2v) is 6.33. The molecule has 0 aliphatic heterocycles. The van der Waals surface area contributed by atoms with Crippen LogP contribution >= 0.6 is 11.6 Å². The molecule has 0 bridgehead atoms. The molecule has 0 unspecified atom stereocenters.